The zero-order chi connectivity index (χ0) is 35.7. The quantitative estimate of drug-likeness (QED) is 0.113. The number of benzene rings is 3. The third kappa shape index (κ3) is 6.91. The highest BCUT2D eigenvalue weighted by molar-refractivity contribution is 7.92. The lowest BCUT2D eigenvalue weighted by atomic mass is 9.75. The van der Waals surface area contributed by atoms with Crippen LogP contribution in [0.1, 0.15) is 60.7 Å². The van der Waals surface area contributed by atoms with E-state index in [-0.39, 0.29) is 39.7 Å². The van der Waals surface area contributed by atoms with Gasteiger partial charge < -0.3 is 14.2 Å². The Morgan fingerprint density at radius 2 is 1.62 bits per heavy atom. The second kappa shape index (κ2) is 13.9. The van der Waals surface area contributed by atoms with Gasteiger partial charge in [-0.25, -0.2) is 23.0 Å². The fraction of sp³-hybridized carbons (Fsp3) is 0.342. The Labute approximate surface area is 292 Å². The summed E-state index contributed by atoms with van der Waals surface area (Å²) in [5.74, 6) is 2.02. The van der Waals surface area contributed by atoms with Crippen LogP contribution in [0, 0.1) is 31.2 Å². The number of nitrogens with zero attached hydrogens (tertiary/aromatic N) is 3. The SMILES string of the molecule is [C-]#[N+]c1cn2[nH]c(-c3cc(Cc4ccc(OC)cc4)c(C)c(NS(=O)(=O)c4ccc(OC)cc4)c3)nc2c1C(=O)OC1C(C)CC(C)CC1C. The van der Waals surface area contributed by atoms with Gasteiger partial charge in [0.2, 0.25) is 5.69 Å². The van der Waals surface area contributed by atoms with Crippen LogP contribution < -0.4 is 14.2 Å². The Bertz CT molecular complexity index is 2170. The number of anilines is 1. The fourth-order valence-electron chi connectivity index (χ4n) is 7.06. The van der Waals surface area contributed by atoms with Gasteiger partial charge in [0.1, 0.15) is 23.2 Å². The average Bonchev–Trinajstić information content (AvgIpc) is 3.66. The number of hydrogen-bond acceptors (Lipinski definition) is 7. The van der Waals surface area contributed by atoms with Crippen LogP contribution >= 0.6 is 0 Å². The molecular formula is C38H41N5O6S. The van der Waals surface area contributed by atoms with E-state index in [0.717, 1.165) is 35.3 Å². The Balaban J connectivity index is 1.40. The van der Waals surface area contributed by atoms with E-state index >= 15 is 0 Å². The zero-order valence-electron chi connectivity index (χ0n) is 29.0. The van der Waals surface area contributed by atoms with Crippen LogP contribution in [0.2, 0.25) is 0 Å². The van der Waals surface area contributed by atoms with E-state index < -0.39 is 16.0 Å². The van der Waals surface area contributed by atoms with Gasteiger partial charge in [0.15, 0.2) is 11.5 Å². The largest absolute Gasteiger partial charge is 0.497 e. The number of rotatable bonds is 10. The Morgan fingerprint density at radius 3 is 2.22 bits per heavy atom. The third-order valence-corrected chi connectivity index (χ3v) is 11.0. The van der Waals surface area contributed by atoms with Gasteiger partial charge in [-0.2, -0.15) is 0 Å². The van der Waals surface area contributed by atoms with Crippen molar-refractivity contribution < 1.29 is 27.4 Å². The monoisotopic (exact) mass is 695 g/mol. The summed E-state index contributed by atoms with van der Waals surface area (Å²) in [4.78, 5) is 22.2. The molecule has 3 aromatic carbocycles. The number of hydrogen-bond donors (Lipinski definition) is 2. The second-order valence-electron chi connectivity index (χ2n) is 13.3. The van der Waals surface area contributed by atoms with Crippen molar-refractivity contribution in [2.45, 2.75) is 58.0 Å². The molecule has 5 aromatic rings. The first-order valence-corrected chi connectivity index (χ1v) is 18.0. The van der Waals surface area contributed by atoms with Crippen molar-refractivity contribution in [1.82, 2.24) is 14.6 Å². The van der Waals surface area contributed by atoms with Crippen molar-refractivity contribution >= 4 is 33.0 Å². The average molecular weight is 696 g/mol. The summed E-state index contributed by atoms with van der Waals surface area (Å²) in [6.07, 6.45) is 3.70. The maximum Gasteiger partial charge on any atom is 0.331 e. The van der Waals surface area contributed by atoms with Gasteiger partial charge in [-0.05, 0) is 109 Å². The molecule has 0 amide bonds. The number of fused-ring (bicyclic) bond motifs is 1. The first-order chi connectivity index (χ1) is 23.9. The van der Waals surface area contributed by atoms with E-state index in [2.05, 4.69) is 35.4 Å². The summed E-state index contributed by atoms with van der Waals surface area (Å²) in [7, 11) is -0.851. The van der Waals surface area contributed by atoms with Crippen LogP contribution in [0.5, 0.6) is 11.5 Å². The standard InChI is InChI=1S/C38H41N5O6S/c1-22-16-23(2)35(24(3)17-22)49-38(44)34-33(39-5)21-43-37(34)40-36(41-43)28-19-27(18-26-8-10-29(47-6)11-9-26)25(4)32(20-28)42-50(45,46)31-14-12-30(48-7)13-15-31/h8-15,19-24,35,42H,16-18H2,1-4,6-7H3,(H,40,41). The number of methoxy groups -OCH3 is 2. The van der Waals surface area contributed by atoms with Crippen molar-refractivity contribution in [2.75, 3.05) is 18.9 Å². The van der Waals surface area contributed by atoms with E-state index in [0.29, 0.717) is 35.2 Å². The van der Waals surface area contributed by atoms with Crippen LogP contribution in [0.4, 0.5) is 11.4 Å². The molecule has 11 nitrogen and oxygen atoms in total. The summed E-state index contributed by atoms with van der Waals surface area (Å²) in [6, 6.07) is 17.5. The number of aromatic amines is 1. The number of carbonyl (C=O) groups excluding carboxylic acids is 1. The van der Waals surface area contributed by atoms with Crippen molar-refractivity contribution in [1.29, 1.82) is 0 Å². The normalized spacial score (nSPS) is 19.1. The van der Waals surface area contributed by atoms with E-state index in [1.54, 1.807) is 29.8 Å². The number of ether oxygens (including phenoxy) is 3. The molecule has 260 valence electrons. The highest BCUT2D eigenvalue weighted by Crippen LogP contribution is 2.37. The molecule has 6 rings (SSSR count). The van der Waals surface area contributed by atoms with Crippen LogP contribution in [0.3, 0.4) is 0 Å². The lowest BCUT2D eigenvalue weighted by molar-refractivity contribution is -0.0249. The Morgan fingerprint density at radius 1 is 1.00 bits per heavy atom. The number of nitrogens with one attached hydrogen (secondary N) is 2. The van der Waals surface area contributed by atoms with E-state index in [4.69, 9.17) is 25.8 Å². The summed E-state index contributed by atoms with van der Waals surface area (Å²) < 4.78 is 48.1. The van der Waals surface area contributed by atoms with Crippen LogP contribution in [-0.4, -0.2) is 49.3 Å². The number of esters is 1. The number of carbonyl (C=O) groups is 1. The summed E-state index contributed by atoms with van der Waals surface area (Å²) in [6.45, 7) is 16.0. The molecule has 2 aromatic heterocycles. The van der Waals surface area contributed by atoms with E-state index in [1.165, 1.54) is 25.4 Å². The molecule has 50 heavy (non-hydrogen) atoms. The highest BCUT2D eigenvalue weighted by Gasteiger charge is 2.35. The van der Waals surface area contributed by atoms with Crippen LogP contribution in [0.15, 0.2) is 71.8 Å². The zero-order valence-corrected chi connectivity index (χ0v) is 29.8. The Kier molecular flexibility index (Phi) is 9.62. The second-order valence-corrected chi connectivity index (χ2v) is 15.0. The van der Waals surface area contributed by atoms with Gasteiger partial charge in [0.05, 0.1) is 31.4 Å². The number of aromatic nitrogens is 3. The molecule has 2 unspecified atom stereocenters. The molecule has 0 radical (unpaired) electrons. The topological polar surface area (TPSA) is 128 Å². The molecule has 0 saturated heterocycles. The van der Waals surface area contributed by atoms with Crippen molar-refractivity contribution in [3.05, 3.63) is 101 Å². The Hall–Kier alpha value is -5.28. The maximum absolute atomic E-state index is 13.7. The maximum atomic E-state index is 13.7. The van der Waals surface area contributed by atoms with Crippen molar-refractivity contribution in [3.8, 4) is 22.9 Å². The summed E-state index contributed by atoms with van der Waals surface area (Å²) in [5, 5.41) is 3.20. The molecule has 2 N–H and O–H groups in total. The molecule has 2 atom stereocenters. The number of H-pyrrole nitrogens is 1. The van der Waals surface area contributed by atoms with Crippen LogP contribution in [-0.2, 0) is 21.2 Å². The van der Waals surface area contributed by atoms with Gasteiger partial charge >= 0.3 is 5.97 Å². The minimum Gasteiger partial charge on any atom is -0.497 e. The third-order valence-electron chi connectivity index (χ3n) is 9.60. The highest BCUT2D eigenvalue weighted by atomic mass is 32.2. The van der Waals surface area contributed by atoms with Gasteiger partial charge in [-0.3, -0.25) is 14.3 Å². The molecule has 0 aliphatic heterocycles. The summed E-state index contributed by atoms with van der Waals surface area (Å²) >= 11 is 0. The molecule has 12 heteroatoms. The molecule has 1 aliphatic carbocycles. The molecule has 0 bridgehead atoms. The molecule has 0 spiro atoms. The van der Waals surface area contributed by atoms with Crippen molar-refractivity contribution in [2.24, 2.45) is 17.8 Å². The minimum atomic E-state index is -3.98. The molecule has 1 aliphatic rings. The predicted molar refractivity (Wildman–Crippen MR) is 192 cm³/mol. The molecule has 1 fully saturated rings. The first kappa shape index (κ1) is 34.6. The molecule has 1 saturated carbocycles. The smallest absolute Gasteiger partial charge is 0.331 e. The van der Waals surface area contributed by atoms with E-state index in [1.807, 2.05) is 37.3 Å². The number of sulfonamides is 1. The van der Waals surface area contributed by atoms with Gasteiger partial charge in [-0.1, -0.05) is 32.9 Å². The minimum absolute atomic E-state index is 0.0814. The van der Waals surface area contributed by atoms with Gasteiger partial charge in [0, 0.05) is 11.8 Å². The van der Waals surface area contributed by atoms with Gasteiger partial charge in [0.25, 0.3) is 10.0 Å². The van der Waals surface area contributed by atoms with E-state index in [9.17, 15) is 13.2 Å². The van der Waals surface area contributed by atoms with Crippen molar-refractivity contribution in [3.63, 3.8) is 0 Å². The lowest BCUT2D eigenvalue weighted by Gasteiger charge is -2.37. The lowest BCUT2D eigenvalue weighted by Crippen LogP contribution is -2.37. The predicted octanol–water partition coefficient (Wildman–Crippen LogP) is 7.82. The summed E-state index contributed by atoms with van der Waals surface area (Å²) in [5.41, 5.74) is 4.06. The van der Waals surface area contributed by atoms with Gasteiger partial charge in [-0.15, -0.1) is 0 Å². The first-order valence-electron chi connectivity index (χ1n) is 16.5. The van der Waals surface area contributed by atoms with Crippen LogP contribution in [0.25, 0.3) is 21.9 Å². The molecule has 2 heterocycles. The molecular weight excluding hydrogens is 655 g/mol. The fourth-order valence-corrected chi connectivity index (χ4v) is 8.18.